The maximum absolute atomic E-state index is 12.0. The molecule has 1 fully saturated rings. The van der Waals surface area contributed by atoms with E-state index in [1.54, 1.807) is 12.1 Å². The van der Waals surface area contributed by atoms with Gasteiger partial charge in [0.2, 0.25) is 0 Å². The SMILES string of the molecule is COc1cc(NC(=O)C(=O)NC2(C(=O)O)CC2)ccc1-c1cnco1. The predicted octanol–water partition coefficient (Wildman–Crippen LogP) is 1.02. The Kier molecular flexibility index (Phi) is 4.14. The van der Waals surface area contributed by atoms with Gasteiger partial charge in [-0.3, -0.25) is 9.59 Å². The number of ether oxygens (including phenoxy) is 1. The van der Waals surface area contributed by atoms with Crippen LogP contribution in [0, 0.1) is 0 Å². The second-order valence-corrected chi connectivity index (χ2v) is 5.58. The molecule has 3 rings (SSSR count). The molecule has 1 aromatic carbocycles. The van der Waals surface area contributed by atoms with Crippen LogP contribution in [-0.2, 0) is 14.4 Å². The third-order valence-corrected chi connectivity index (χ3v) is 3.88. The average molecular weight is 345 g/mol. The number of nitrogens with zero attached hydrogens (tertiary/aromatic N) is 1. The van der Waals surface area contributed by atoms with E-state index in [4.69, 9.17) is 14.3 Å². The molecule has 2 amide bonds. The summed E-state index contributed by atoms with van der Waals surface area (Å²) in [5.41, 5.74) is -0.367. The van der Waals surface area contributed by atoms with Gasteiger partial charge in [-0.1, -0.05) is 0 Å². The van der Waals surface area contributed by atoms with Crippen LogP contribution >= 0.6 is 0 Å². The lowest BCUT2D eigenvalue weighted by Gasteiger charge is -2.13. The van der Waals surface area contributed by atoms with E-state index >= 15 is 0 Å². The molecule has 25 heavy (non-hydrogen) atoms. The molecule has 2 aromatic rings. The van der Waals surface area contributed by atoms with Crippen molar-refractivity contribution < 1.29 is 28.6 Å². The lowest BCUT2D eigenvalue weighted by atomic mass is 10.1. The van der Waals surface area contributed by atoms with Crippen molar-refractivity contribution in [3.8, 4) is 17.1 Å². The number of aromatic nitrogens is 1. The number of hydrogen-bond donors (Lipinski definition) is 3. The number of carboxylic acids is 1. The summed E-state index contributed by atoms with van der Waals surface area (Å²) in [6.07, 6.45) is 3.41. The lowest BCUT2D eigenvalue weighted by Crippen LogP contribution is -2.47. The number of carbonyl (C=O) groups is 3. The molecule has 9 heteroatoms. The molecule has 0 aliphatic heterocycles. The lowest BCUT2D eigenvalue weighted by molar-refractivity contribution is -0.144. The standard InChI is InChI=1S/C16H15N3O6/c1-24-11-6-9(2-3-10(11)12-7-17-8-25-12)18-13(20)14(21)19-16(4-5-16)15(22)23/h2-3,6-8H,4-5H2,1H3,(H,18,20)(H,19,21)(H,22,23). The third kappa shape index (κ3) is 3.30. The molecule has 3 N–H and O–H groups in total. The second kappa shape index (κ2) is 6.27. The molecule has 1 aliphatic carbocycles. The molecule has 1 heterocycles. The fraction of sp³-hybridized carbons (Fsp3) is 0.250. The van der Waals surface area contributed by atoms with Gasteiger partial charge in [0, 0.05) is 11.8 Å². The molecular weight excluding hydrogens is 330 g/mol. The summed E-state index contributed by atoms with van der Waals surface area (Å²) < 4.78 is 10.5. The van der Waals surface area contributed by atoms with E-state index in [1.165, 1.54) is 25.8 Å². The zero-order chi connectivity index (χ0) is 18.0. The molecule has 130 valence electrons. The Bertz CT molecular complexity index is 826. The van der Waals surface area contributed by atoms with Gasteiger partial charge in [-0.2, -0.15) is 0 Å². The van der Waals surface area contributed by atoms with Crippen LogP contribution in [0.4, 0.5) is 5.69 Å². The number of aliphatic carboxylic acids is 1. The number of carboxylic acid groups (broad SMARTS) is 1. The van der Waals surface area contributed by atoms with Gasteiger partial charge < -0.3 is 24.9 Å². The molecule has 1 aliphatic rings. The van der Waals surface area contributed by atoms with Crippen molar-refractivity contribution in [3.05, 3.63) is 30.8 Å². The van der Waals surface area contributed by atoms with Crippen LogP contribution in [0.3, 0.4) is 0 Å². The molecule has 0 bridgehead atoms. The summed E-state index contributed by atoms with van der Waals surface area (Å²) in [7, 11) is 1.46. The summed E-state index contributed by atoms with van der Waals surface area (Å²) >= 11 is 0. The van der Waals surface area contributed by atoms with E-state index < -0.39 is 23.3 Å². The Morgan fingerprint density at radius 2 is 2.04 bits per heavy atom. The number of nitrogens with one attached hydrogen (secondary N) is 2. The van der Waals surface area contributed by atoms with Crippen molar-refractivity contribution in [2.45, 2.75) is 18.4 Å². The summed E-state index contributed by atoms with van der Waals surface area (Å²) in [6.45, 7) is 0. The highest BCUT2D eigenvalue weighted by Crippen LogP contribution is 2.35. The Morgan fingerprint density at radius 1 is 1.28 bits per heavy atom. The van der Waals surface area contributed by atoms with Gasteiger partial charge in [0.15, 0.2) is 12.2 Å². The van der Waals surface area contributed by atoms with Crippen LogP contribution in [0.15, 0.2) is 35.2 Å². The maximum Gasteiger partial charge on any atom is 0.329 e. The Balaban J connectivity index is 1.71. The van der Waals surface area contributed by atoms with Crippen LogP contribution in [-0.4, -0.2) is 40.5 Å². The minimum absolute atomic E-state index is 0.307. The minimum atomic E-state index is -1.32. The summed E-state index contributed by atoms with van der Waals surface area (Å²) in [6, 6.07) is 4.73. The number of anilines is 1. The molecule has 1 saturated carbocycles. The van der Waals surface area contributed by atoms with E-state index in [-0.39, 0.29) is 0 Å². The number of rotatable bonds is 5. The number of benzene rings is 1. The van der Waals surface area contributed by atoms with Gasteiger partial charge in [-0.15, -0.1) is 0 Å². The van der Waals surface area contributed by atoms with Gasteiger partial charge in [-0.05, 0) is 25.0 Å². The zero-order valence-corrected chi connectivity index (χ0v) is 13.2. The highest BCUT2D eigenvalue weighted by Gasteiger charge is 2.52. The highest BCUT2D eigenvalue weighted by molar-refractivity contribution is 6.40. The van der Waals surface area contributed by atoms with Crippen LogP contribution in [0.2, 0.25) is 0 Å². The van der Waals surface area contributed by atoms with E-state index in [0.29, 0.717) is 35.6 Å². The van der Waals surface area contributed by atoms with Crippen molar-refractivity contribution in [2.24, 2.45) is 0 Å². The first-order valence-electron chi connectivity index (χ1n) is 7.39. The molecule has 0 radical (unpaired) electrons. The quantitative estimate of drug-likeness (QED) is 0.690. The molecule has 0 atom stereocenters. The van der Waals surface area contributed by atoms with Crippen LogP contribution in [0.5, 0.6) is 5.75 Å². The molecular formula is C16H15N3O6. The molecule has 9 nitrogen and oxygen atoms in total. The topological polar surface area (TPSA) is 131 Å². The van der Waals surface area contributed by atoms with Crippen molar-refractivity contribution in [3.63, 3.8) is 0 Å². The van der Waals surface area contributed by atoms with Crippen LogP contribution in [0.25, 0.3) is 11.3 Å². The van der Waals surface area contributed by atoms with E-state index in [1.807, 2.05) is 0 Å². The fourth-order valence-corrected chi connectivity index (χ4v) is 2.30. The van der Waals surface area contributed by atoms with Crippen molar-refractivity contribution in [2.75, 3.05) is 12.4 Å². The van der Waals surface area contributed by atoms with E-state index in [2.05, 4.69) is 15.6 Å². The second-order valence-electron chi connectivity index (χ2n) is 5.58. The van der Waals surface area contributed by atoms with Gasteiger partial charge >= 0.3 is 17.8 Å². The molecule has 0 unspecified atom stereocenters. The first kappa shape index (κ1) is 16.5. The summed E-state index contributed by atoms with van der Waals surface area (Å²) in [5.74, 6) is -2.20. The van der Waals surface area contributed by atoms with Gasteiger partial charge in [0.05, 0.1) is 18.9 Å². The first-order valence-corrected chi connectivity index (χ1v) is 7.39. The van der Waals surface area contributed by atoms with Crippen molar-refractivity contribution >= 4 is 23.5 Å². The third-order valence-electron chi connectivity index (χ3n) is 3.88. The monoisotopic (exact) mass is 345 g/mol. The van der Waals surface area contributed by atoms with Gasteiger partial charge in [-0.25, -0.2) is 9.78 Å². The molecule has 1 aromatic heterocycles. The number of oxazole rings is 1. The Hall–Kier alpha value is -3.36. The Morgan fingerprint density at radius 3 is 2.60 bits per heavy atom. The van der Waals surface area contributed by atoms with Crippen LogP contribution in [0.1, 0.15) is 12.8 Å². The number of amides is 2. The van der Waals surface area contributed by atoms with Crippen molar-refractivity contribution in [1.82, 2.24) is 10.3 Å². The number of hydrogen-bond acceptors (Lipinski definition) is 6. The number of methoxy groups -OCH3 is 1. The average Bonchev–Trinajstić information content (AvgIpc) is 3.18. The van der Waals surface area contributed by atoms with Gasteiger partial charge in [0.25, 0.3) is 0 Å². The fourth-order valence-electron chi connectivity index (χ4n) is 2.30. The molecule has 0 spiro atoms. The van der Waals surface area contributed by atoms with E-state index in [0.717, 1.165) is 0 Å². The summed E-state index contributed by atoms with van der Waals surface area (Å²) in [5, 5.41) is 13.7. The maximum atomic E-state index is 12.0. The van der Waals surface area contributed by atoms with E-state index in [9.17, 15) is 14.4 Å². The largest absolute Gasteiger partial charge is 0.496 e. The minimum Gasteiger partial charge on any atom is -0.496 e. The first-order chi connectivity index (χ1) is 11.9. The number of carbonyl (C=O) groups excluding carboxylic acids is 2. The smallest absolute Gasteiger partial charge is 0.329 e. The normalized spacial score (nSPS) is 14.4. The predicted molar refractivity (Wildman–Crippen MR) is 84.9 cm³/mol. The van der Waals surface area contributed by atoms with Crippen LogP contribution < -0.4 is 15.4 Å². The molecule has 0 saturated heterocycles. The van der Waals surface area contributed by atoms with Crippen molar-refractivity contribution in [1.29, 1.82) is 0 Å². The zero-order valence-electron chi connectivity index (χ0n) is 13.2. The highest BCUT2D eigenvalue weighted by atomic mass is 16.5. The Labute approximate surface area is 142 Å². The summed E-state index contributed by atoms with van der Waals surface area (Å²) in [4.78, 5) is 38.7. The van der Waals surface area contributed by atoms with Gasteiger partial charge in [0.1, 0.15) is 11.3 Å².